The van der Waals surface area contributed by atoms with Gasteiger partial charge < -0.3 is 10.5 Å². The van der Waals surface area contributed by atoms with Crippen LogP contribution in [-0.2, 0) is 6.54 Å². The van der Waals surface area contributed by atoms with Crippen molar-refractivity contribution < 1.29 is 9.53 Å². The number of benzene rings is 2. The van der Waals surface area contributed by atoms with Gasteiger partial charge >= 0.3 is 0 Å². The van der Waals surface area contributed by atoms with E-state index in [-0.39, 0.29) is 0 Å². The van der Waals surface area contributed by atoms with E-state index in [4.69, 9.17) is 15.7 Å². The van der Waals surface area contributed by atoms with Crippen LogP contribution in [0, 0.1) is 23.6 Å². The molecule has 3 heterocycles. The zero-order valence-corrected chi connectivity index (χ0v) is 17.8. The summed E-state index contributed by atoms with van der Waals surface area (Å²) in [5.74, 6) is 0.755. The third-order valence-corrected chi connectivity index (χ3v) is 5.80. The van der Waals surface area contributed by atoms with E-state index in [1.807, 2.05) is 30.3 Å². The Morgan fingerprint density at radius 2 is 1.88 bits per heavy atom. The van der Waals surface area contributed by atoms with Crippen molar-refractivity contribution in [1.29, 1.82) is 5.26 Å². The van der Waals surface area contributed by atoms with Crippen molar-refractivity contribution in [2.45, 2.75) is 6.54 Å². The fourth-order valence-electron chi connectivity index (χ4n) is 4.06. The molecule has 1 fully saturated rings. The van der Waals surface area contributed by atoms with E-state index in [9.17, 15) is 4.79 Å². The number of nitriles is 1. The Kier molecular flexibility index (Phi) is 5.47. The molecule has 1 aliphatic rings. The van der Waals surface area contributed by atoms with Crippen LogP contribution in [-0.4, -0.2) is 45.1 Å². The molecule has 1 aliphatic heterocycles. The Labute approximate surface area is 190 Å². The molecular weight excluding hydrogens is 416 g/mol. The third kappa shape index (κ3) is 4.27. The van der Waals surface area contributed by atoms with E-state index in [0.717, 1.165) is 36.6 Å². The Balaban J connectivity index is 1.17. The van der Waals surface area contributed by atoms with E-state index in [0.29, 0.717) is 29.3 Å². The molecule has 4 aromatic rings. The predicted molar refractivity (Wildman–Crippen MR) is 121 cm³/mol. The van der Waals surface area contributed by atoms with Crippen molar-refractivity contribution in [2.24, 2.45) is 11.7 Å². The number of primary amides is 1. The molecule has 163 valence electrons. The number of hydrogen-bond donors (Lipinski definition) is 1. The highest BCUT2D eigenvalue weighted by Gasteiger charge is 2.27. The van der Waals surface area contributed by atoms with Crippen molar-refractivity contribution in [2.75, 3.05) is 19.7 Å². The second kappa shape index (κ2) is 8.73. The number of hydrogen-bond acceptors (Lipinski definition) is 6. The fourth-order valence-corrected chi connectivity index (χ4v) is 4.06. The van der Waals surface area contributed by atoms with Crippen LogP contribution >= 0.6 is 0 Å². The fraction of sp³-hybridized carbons (Fsp3) is 0.200. The number of amides is 1. The average molecular weight is 437 g/mol. The monoisotopic (exact) mass is 437 g/mol. The van der Waals surface area contributed by atoms with E-state index in [1.165, 1.54) is 5.56 Å². The minimum atomic E-state index is -0.543. The van der Waals surface area contributed by atoms with Gasteiger partial charge in [0.25, 0.3) is 5.91 Å². The molecule has 2 N–H and O–H groups in total. The Hall–Kier alpha value is -4.22. The lowest BCUT2D eigenvalue weighted by molar-refractivity contribution is 0.0558. The molecule has 2 aromatic carbocycles. The number of ether oxygens (including phenoxy) is 1. The molecule has 33 heavy (non-hydrogen) atoms. The first-order valence-corrected chi connectivity index (χ1v) is 10.6. The Morgan fingerprint density at radius 3 is 2.58 bits per heavy atom. The summed E-state index contributed by atoms with van der Waals surface area (Å²) in [5, 5.41) is 13.0. The smallest absolute Gasteiger partial charge is 0.252 e. The minimum absolute atomic E-state index is 0.319. The summed E-state index contributed by atoms with van der Waals surface area (Å²) in [4.78, 5) is 18.0. The summed E-state index contributed by atoms with van der Waals surface area (Å²) < 4.78 is 7.43. The number of pyridine rings is 1. The van der Waals surface area contributed by atoms with Crippen LogP contribution in [0.2, 0.25) is 0 Å². The molecule has 2 aromatic heterocycles. The summed E-state index contributed by atoms with van der Waals surface area (Å²) in [6.45, 7) is 3.53. The van der Waals surface area contributed by atoms with Gasteiger partial charge in [-0.05, 0) is 42.0 Å². The molecule has 0 spiro atoms. The van der Waals surface area contributed by atoms with Gasteiger partial charge in [-0.25, -0.2) is 9.50 Å². The van der Waals surface area contributed by atoms with Gasteiger partial charge in [-0.3, -0.25) is 9.69 Å². The lowest BCUT2D eigenvalue weighted by Crippen LogP contribution is -2.48. The maximum Gasteiger partial charge on any atom is 0.252 e. The first kappa shape index (κ1) is 20.7. The zero-order chi connectivity index (χ0) is 22.8. The molecule has 0 bridgehead atoms. The highest BCUT2D eigenvalue weighted by molar-refractivity contribution is 5.99. The first-order chi connectivity index (χ1) is 16.1. The molecule has 1 amide bonds. The van der Waals surface area contributed by atoms with Gasteiger partial charge in [0.05, 0.1) is 29.5 Å². The lowest BCUT2D eigenvalue weighted by Gasteiger charge is -2.39. The average Bonchev–Trinajstić information content (AvgIpc) is 3.30. The Bertz CT molecular complexity index is 1330. The standard InChI is InChI=1S/C25H21N6O2/c26-11-17-3-7-21(8-4-17)33-15-19-13-30(14-19)12-18-1-5-20(6-2-18)23-10-9-22(24(27)32)25-28-16-29-31(23)25/h1-10,19H,12-15H2,(H2,27,32). The number of carbonyl (C=O) groups is 1. The minimum Gasteiger partial charge on any atom is -0.493 e. The number of nitrogens with two attached hydrogens (primary N) is 1. The largest absolute Gasteiger partial charge is 0.493 e. The van der Waals surface area contributed by atoms with Crippen LogP contribution in [0.3, 0.4) is 0 Å². The van der Waals surface area contributed by atoms with Gasteiger partial charge in [-0.15, -0.1) is 5.10 Å². The molecule has 8 heteroatoms. The number of nitrogens with zero attached hydrogens (tertiary/aromatic N) is 5. The van der Waals surface area contributed by atoms with Gasteiger partial charge in [0.2, 0.25) is 6.33 Å². The van der Waals surface area contributed by atoms with Crippen LogP contribution < -0.4 is 10.5 Å². The van der Waals surface area contributed by atoms with Gasteiger partial charge in [0.1, 0.15) is 5.75 Å². The molecule has 8 nitrogen and oxygen atoms in total. The normalized spacial score (nSPS) is 14.0. The highest BCUT2D eigenvalue weighted by atomic mass is 16.5. The predicted octanol–water partition coefficient (Wildman–Crippen LogP) is 2.68. The summed E-state index contributed by atoms with van der Waals surface area (Å²) in [7, 11) is 0. The van der Waals surface area contributed by atoms with Crippen molar-refractivity contribution in [1.82, 2.24) is 19.5 Å². The summed E-state index contributed by atoms with van der Waals surface area (Å²) in [6.07, 6.45) is 2.55. The van der Waals surface area contributed by atoms with E-state index < -0.39 is 5.91 Å². The van der Waals surface area contributed by atoms with E-state index in [1.54, 1.807) is 22.7 Å². The SMILES string of the molecule is N#Cc1ccc(OCC2CN(Cc3ccc(-c4ccc(C(N)=O)c5n[c]nn45)cc3)C2)cc1. The summed E-state index contributed by atoms with van der Waals surface area (Å²) >= 11 is 0. The van der Waals surface area contributed by atoms with Crippen LogP contribution in [0.4, 0.5) is 0 Å². The van der Waals surface area contributed by atoms with Gasteiger partial charge in [0, 0.05) is 31.1 Å². The number of fused-ring (bicyclic) bond motifs is 1. The van der Waals surface area contributed by atoms with Gasteiger partial charge in [0.15, 0.2) is 5.65 Å². The van der Waals surface area contributed by atoms with Crippen LogP contribution in [0.5, 0.6) is 5.75 Å². The molecule has 5 rings (SSSR count). The topological polar surface area (TPSA) is 110 Å². The van der Waals surface area contributed by atoms with Crippen LogP contribution in [0.15, 0.2) is 60.7 Å². The second-order valence-electron chi connectivity index (χ2n) is 8.15. The van der Waals surface area contributed by atoms with Crippen molar-refractivity contribution in [3.8, 4) is 23.1 Å². The summed E-state index contributed by atoms with van der Waals surface area (Å²) in [5.41, 5.74) is 9.79. The van der Waals surface area contributed by atoms with E-state index in [2.05, 4.69) is 39.5 Å². The molecule has 0 atom stereocenters. The quantitative estimate of drug-likeness (QED) is 0.476. The second-order valence-corrected chi connectivity index (χ2v) is 8.15. The molecule has 1 radical (unpaired) electrons. The molecule has 0 aliphatic carbocycles. The molecule has 0 saturated carbocycles. The lowest BCUT2D eigenvalue weighted by atomic mass is 9.99. The highest BCUT2D eigenvalue weighted by Crippen LogP contribution is 2.24. The number of aromatic nitrogens is 3. The maximum atomic E-state index is 11.6. The maximum absolute atomic E-state index is 11.6. The van der Waals surface area contributed by atoms with Crippen LogP contribution in [0.1, 0.15) is 21.5 Å². The Morgan fingerprint density at radius 1 is 1.12 bits per heavy atom. The van der Waals surface area contributed by atoms with Gasteiger partial charge in [-0.2, -0.15) is 5.26 Å². The van der Waals surface area contributed by atoms with Crippen molar-refractivity contribution in [3.63, 3.8) is 0 Å². The zero-order valence-electron chi connectivity index (χ0n) is 17.8. The summed E-state index contributed by atoms with van der Waals surface area (Å²) in [6, 6.07) is 21.1. The van der Waals surface area contributed by atoms with Crippen molar-refractivity contribution in [3.05, 3.63) is 83.7 Å². The molecule has 0 unspecified atom stereocenters. The molecule has 1 saturated heterocycles. The van der Waals surface area contributed by atoms with E-state index >= 15 is 0 Å². The number of carbonyl (C=O) groups excluding carboxylic acids is 1. The van der Waals surface area contributed by atoms with Crippen LogP contribution in [0.25, 0.3) is 16.9 Å². The van der Waals surface area contributed by atoms with Crippen molar-refractivity contribution >= 4 is 11.6 Å². The molecular formula is C25H21N6O2. The number of rotatable bonds is 7. The third-order valence-electron chi connectivity index (χ3n) is 5.80. The number of likely N-dealkylation sites (tertiary alicyclic amines) is 1. The van der Waals surface area contributed by atoms with Gasteiger partial charge in [-0.1, -0.05) is 24.3 Å². The first-order valence-electron chi connectivity index (χ1n) is 10.6.